The molecule has 0 saturated carbocycles. The van der Waals surface area contributed by atoms with E-state index in [1.165, 1.54) is 9.79 Å². The van der Waals surface area contributed by atoms with Crippen LogP contribution in [0.15, 0.2) is 58.3 Å². The molecular formula is C16H21NS2. The van der Waals surface area contributed by atoms with Crippen molar-refractivity contribution in [2.24, 2.45) is 0 Å². The highest BCUT2D eigenvalue weighted by molar-refractivity contribution is 8.32. The van der Waals surface area contributed by atoms with Crippen LogP contribution in [0.25, 0.3) is 0 Å². The molecule has 2 aromatic carbocycles. The lowest BCUT2D eigenvalue weighted by atomic mass is 10.3. The third-order valence-electron chi connectivity index (χ3n) is 2.94. The topological polar surface area (TPSA) is 12.0 Å². The van der Waals surface area contributed by atoms with E-state index in [1.54, 1.807) is 11.8 Å². The minimum atomic E-state index is -0.632. The van der Waals surface area contributed by atoms with E-state index in [9.17, 15) is 0 Å². The molecule has 0 bridgehead atoms. The van der Waals surface area contributed by atoms with Crippen LogP contribution in [-0.2, 0) is 0 Å². The maximum atomic E-state index is 3.43. The lowest BCUT2D eigenvalue weighted by Gasteiger charge is -2.25. The molecule has 2 aromatic rings. The fourth-order valence-corrected chi connectivity index (χ4v) is 3.15. The van der Waals surface area contributed by atoms with E-state index in [4.69, 9.17) is 0 Å². The fraction of sp³-hybridized carbons (Fsp3) is 0.250. The maximum absolute atomic E-state index is 3.43. The van der Waals surface area contributed by atoms with E-state index in [1.807, 2.05) is 0 Å². The van der Waals surface area contributed by atoms with Gasteiger partial charge >= 0.3 is 0 Å². The molecule has 1 N–H and O–H groups in total. The van der Waals surface area contributed by atoms with Gasteiger partial charge in [0.15, 0.2) is 0 Å². The van der Waals surface area contributed by atoms with Gasteiger partial charge in [-0.3, -0.25) is 0 Å². The van der Waals surface area contributed by atoms with E-state index >= 15 is 0 Å². The monoisotopic (exact) mass is 291 g/mol. The Bertz CT molecular complexity index is 524. The zero-order valence-corrected chi connectivity index (χ0v) is 13.6. The number of rotatable bonds is 4. The van der Waals surface area contributed by atoms with Crippen molar-refractivity contribution in [3.05, 3.63) is 48.5 Å². The summed E-state index contributed by atoms with van der Waals surface area (Å²) >= 11 is 1.76. The summed E-state index contributed by atoms with van der Waals surface area (Å²) in [4.78, 5) is 2.73. The average molecular weight is 291 g/mol. The van der Waals surface area contributed by atoms with E-state index in [0.29, 0.717) is 0 Å². The molecule has 0 aliphatic heterocycles. The molecule has 0 heterocycles. The normalized spacial score (nSPS) is 12.2. The van der Waals surface area contributed by atoms with Crippen molar-refractivity contribution in [3.8, 4) is 0 Å². The van der Waals surface area contributed by atoms with Gasteiger partial charge in [-0.1, -0.05) is 0 Å². The first-order valence-electron chi connectivity index (χ1n) is 6.18. The van der Waals surface area contributed by atoms with Crippen molar-refractivity contribution in [3.63, 3.8) is 0 Å². The summed E-state index contributed by atoms with van der Waals surface area (Å²) < 4.78 is 0. The third-order valence-corrected chi connectivity index (χ3v) is 5.37. The van der Waals surface area contributed by atoms with Crippen molar-refractivity contribution in [2.45, 2.75) is 9.79 Å². The second-order valence-corrected chi connectivity index (χ2v) is 10.2. The quantitative estimate of drug-likeness (QED) is 0.777. The Balaban J connectivity index is 2.10. The van der Waals surface area contributed by atoms with Gasteiger partial charge in [0.25, 0.3) is 0 Å². The van der Waals surface area contributed by atoms with Gasteiger partial charge in [0.05, 0.1) is 0 Å². The summed E-state index contributed by atoms with van der Waals surface area (Å²) in [5.41, 5.74) is 2.28. The predicted molar refractivity (Wildman–Crippen MR) is 91.6 cm³/mol. The Hall–Kier alpha value is -1.06. The van der Waals surface area contributed by atoms with Gasteiger partial charge in [-0.25, -0.2) is 10.0 Å². The number of thioether (sulfide) groups is 1. The van der Waals surface area contributed by atoms with Gasteiger partial charge in [-0.05, 0) is 78.4 Å². The molecule has 0 aliphatic carbocycles. The fourth-order valence-electron chi connectivity index (χ4n) is 1.79. The van der Waals surface area contributed by atoms with Crippen molar-refractivity contribution in [1.29, 1.82) is 0 Å². The number of anilines is 2. The van der Waals surface area contributed by atoms with Crippen LogP contribution in [0.5, 0.6) is 0 Å². The molecule has 0 radical (unpaired) electrons. The molecule has 0 aliphatic rings. The summed E-state index contributed by atoms with van der Waals surface area (Å²) in [5, 5.41) is 3.43. The SMILES string of the molecule is CSc1ccc(Nc2ccc(S(C)(C)C)cc2)cc1. The summed E-state index contributed by atoms with van der Waals surface area (Å²) in [5.74, 6) is 0. The first-order chi connectivity index (χ1) is 8.99. The first-order valence-corrected chi connectivity index (χ1v) is 10.3. The van der Waals surface area contributed by atoms with Gasteiger partial charge in [0.2, 0.25) is 0 Å². The molecule has 0 unspecified atom stereocenters. The van der Waals surface area contributed by atoms with Crippen LogP contribution in [0.1, 0.15) is 0 Å². The summed E-state index contributed by atoms with van der Waals surface area (Å²) in [6.45, 7) is 0. The number of nitrogens with one attached hydrogen (secondary N) is 1. The Morgan fingerprint density at radius 1 is 0.789 bits per heavy atom. The standard InChI is InChI=1S/C16H21NS2/c1-18-15-9-5-13(6-10-15)17-14-7-11-16(12-8-14)19(2,3)4/h5-12,17H,1-4H3. The molecule has 1 nitrogen and oxygen atoms in total. The molecule has 102 valence electrons. The van der Waals surface area contributed by atoms with Gasteiger partial charge in [0, 0.05) is 16.3 Å². The largest absolute Gasteiger partial charge is 0.356 e. The van der Waals surface area contributed by atoms with E-state index < -0.39 is 10.0 Å². The van der Waals surface area contributed by atoms with Crippen LogP contribution < -0.4 is 5.32 Å². The van der Waals surface area contributed by atoms with Gasteiger partial charge in [-0.15, -0.1) is 11.8 Å². The smallest absolute Gasteiger partial charge is 0.0385 e. The molecule has 0 atom stereocenters. The molecular weight excluding hydrogens is 270 g/mol. The van der Waals surface area contributed by atoms with Crippen LogP contribution in [0.4, 0.5) is 11.4 Å². The first kappa shape index (κ1) is 14.4. The molecule has 0 amide bonds. The lowest BCUT2D eigenvalue weighted by molar-refractivity contribution is 1.41. The van der Waals surface area contributed by atoms with Gasteiger partial charge in [0.1, 0.15) is 0 Å². The Morgan fingerprint density at radius 3 is 1.68 bits per heavy atom. The Morgan fingerprint density at radius 2 is 1.26 bits per heavy atom. The van der Waals surface area contributed by atoms with Crippen molar-refractivity contribution < 1.29 is 0 Å². The van der Waals surface area contributed by atoms with Crippen LogP contribution in [0.3, 0.4) is 0 Å². The third kappa shape index (κ3) is 3.95. The van der Waals surface area contributed by atoms with Crippen molar-refractivity contribution in [1.82, 2.24) is 0 Å². The summed E-state index contributed by atoms with van der Waals surface area (Å²) in [6.07, 6.45) is 9.04. The maximum Gasteiger partial charge on any atom is 0.0385 e. The minimum absolute atomic E-state index is 0.632. The van der Waals surface area contributed by atoms with Crippen LogP contribution in [-0.4, -0.2) is 25.0 Å². The Labute approximate surface area is 122 Å². The van der Waals surface area contributed by atoms with Gasteiger partial charge in [-0.2, -0.15) is 0 Å². The number of hydrogen-bond donors (Lipinski definition) is 1. The van der Waals surface area contributed by atoms with Crippen molar-refractivity contribution >= 4 is 33.2 Å². The highest BCUT2D eigenvalue weighted by Gasteiger charge is 2.07. The molecule has 0 saturated heterocycles. The van der Waals surface area contributed by atoms with Gasteiger partial charge < -0.3 is 5.32 Å². The minimum Gasteiger partial charge on any atom is -0.356 e. The summed E-state index contributed by atoms with van der Waals surface area (Å²) in [7, 11) is -0.632. The number of hydrogen-bond acceptors (Lipinski definition) is 2. The molecule has 19 heavy (non-hydrogen) atoms. The Kier molecular flexibility index (Phi) is 4.48. The van der Waals surface area contributed by atoms with Crippen LogP contribution in [0, 0.1) is 0 Å². The molecule has 3 heteroatoms. The molecule has 0 spiro atoms. The van der Waals surface area contributed by atoms with E-state index in [0.717, 1.165) is 11.4 Å². The van der Waals surface area contributed by atoms with Crippen LogP contribution in [0.2, 0.25) is 0 Å². The zero-order valence-electron chi connectivity index (χ0n) is 11.9. The van der Waals surface area contributed by atoms with E-state index in [-0.39, 0.29) is 0 Å². The second kappa shape index (κ2) is 5.93. The highest BCUT2D eigenvalue weighted by atomic mass is 32.3. The number of benzene rings is 2. The van der Waals surface area contributed by atoms with Crippen LogP contribution >= 0.6 is 21.8 Å². The summed E-state index contributed by atoms with van der Waals surface area (Å²) in [6, 6.07) is 17.3. The highest BCUT2D eigenvalue weighted by Crippen LogP contribution is 2.45. The van der Waals surface area contributed by atoms with E-state index in [2.05, 4.69) is 78.9 Å². The zero-order chi connectivity index (χ0) is 13.9. The average Bonchev–Trinajstić information content (AvgIpc) is 2.39. The lowest BCUT2D eigenvalue weighted by Crippen LogP contribution is -1.94. The molecule has 0 aromatic heterocycles. The second-order valence-electron chi connectivity index (χ2n) is 5.21. The predicted octanol–water partition coefficient (Wildman–Crippen LogP) is 5.21. The van der Waals surface area contributed by atoms with Crippen molar-refractivity contribution in [2.75, 3.05) is 30.3 Å². The molecule has 0 fully saturated rings. The molecule has 2 rings (SSSR count).